The summed E-state index contributed by atoms with van der Waals surface area (Å²) in [5.41, 5.74) is 1.88. The van der Waals surface area contributed by atoms with E-state index in [9.17, 15) is 4.39 Å². The monoisotopic (exact) mass is 297 g/mol. The topological polar surface area (TPSA) is 3.24 Å². The van der Waals surface area contributed by atoms with Crippen LogP contribution in [0.5, 0.6) is 0 Å². The second-order valence-corrected chi connectivity index (χ2v) is 6.53. The van der Waals surface area contributed by atoms with Crippen LogP contribution in [0.3, 0.4) is 0 Å². The van der Waals surface area contributed by atoms with Gasteiger partial charge in [-0.1, -0.05) is 26.7 Å². The molecule has 1 aliphatic rings. The third-order valence-corrected chi connectivity index (χ3v) is 4.45. The number of halogens is 2. The lowest BCUT2D eigenvalue weighted by Crippen LogP contribution is -2.34. The molecule has 0 atom stereocenters. The zero-order valence-electron chi connectivity index (χ0n) is 12.5. The highest BCUT2D eigenvalue weighted by Crippen LogP contribution is 2.30. The van der Waals surface area contributed by atoms with Crippen molar-refractivity contribution in [3.63, 3.8) is 0 Å². The summed E-state index contributed by atoms with van der Waals surface area (Å²) in [6.45, 7) is 5.48. The van der Waals surface area contributed by atoms with Crippen molar-refractivity contribution < 1.29 is 4.39 Å². The van der Waals surface area contributed by atoms with Gasteiger partial charge in [-0.25, -0.2) is 4.39 Å². The summed E-state index contributed by atoms with van der Waals surface area (Å²) in [5.74, 6) is 0.860. The van der Waals surface area contributed by atoms with Crippen molar-refractivity contribution >= 4 is 17.3 Å². The summed E-state index contributed by atoms with van der Waals surface area (Å²) in [5, 5.41) is 0. The van der Waals surface area contributed by atoms with Gasteiger partial charge >= 0.3 is 0 Å². The maximum Gasteiger partial charge on any atom is 0.125 e. The lowest BCUT2D eigenvalue weighted by molar-refractivity contribution is 0.527. The summed E-state index contributed by atoms with van der Waals surface area (Å²) < 4.78 is 13.8. The smallest absolute Gasteiger partial charge is 0.125 e. The Bertz CT molecular complexity index is 427. The van der Waals surface area contributed by atoms with Crippen LogP contribution in [0.2, 0.25) is 0 Å². The summed E-state index contributed by atoms with van der Waals surface area (Å²) in [7, 11) is 0. The van der Waals surface area contributed by atoms with E-state index in [0.29, 0.717) is 17.8 Å². The molecule has 0 unspecified atom stereocenters. The van der Waals surface area contributed by atoms with Gasteiger partial charge < -0.3 is 4.90 Å². The van der Waals surface area contributed by atoms with Crippen LogP contribution in [0.15, 0.2) is 18.2 Å². The first kappa shape index (κ1) is 15.6. The van der Waals surface area contributed by atoms with Crippen LogP contribution in [-0.2, 0) is 5.88 Å². The van der Waals surface area contributed by atoms with E-state index in [-0.39, 0.29) is 5.82 Å². The van der Waals surface area contributed by atoms with Gasteiger partial charge in [-0.2, -0.15) is 0 Å². The van der Waals surface area contributed by atoms with Crippen LogP contribution in [-0.4, -0.2) is 12.6 Å². The molecular weight excluding hydrogens is 273 g/mol. The Balaban J connectivity index is 2.22. The predicted octanol–water partition coefficient (Wildman–Crippen LogP) is 5.36. The predicted molar refractivity (Wildman–Crippen MR) is 85.0 cm³/mol. The number of rotatable bonds is 6. The first-order chi connectivity index (χ1) is 9.60. The molecule has 0 N–H and O–H groups in total. The number of hydrogen-bond acceptors (Lipinski definition) is 1. The second-order valence-electron chi connectivity index (χ2n) is 6.27. The molecule has 0 bridgehead atoms. The highest BCUT2D eigenvalue weighted by molar-refractivity contribution is 6.17. The van der Waals surface area contributed by atoms with Crippen LogP contribution in [0.1, 0.15) is 51.5 Å². The largest absolute Gasteiger partial charge is 0.368 e. The highest BCUT2D eigenvalue weighted by atomic mass is 35.5. The third-order valence-electron chi connectivity index (χ3n) is 4.14. The quantitative estimate of drug-likeness (QED) is 0.639. The average molecular weight is 298 g/mol. The van der Waals surface area contributed by atoms with Crippen molar-refractivity contribution in [3.8, 4) is 0 Å². The Morgan fingerprint density at radius 2 is 1.95 bits per heavy atom. The Kier molecular flexibility index (Phi) is 5.71. The first-order valence-electron chi connectivity index (χ1n) is 7.72. The van der Waals surface area contributed by atoms with Gasteiger partial charge in [0, 0.05) is 24.2 Å². The Hall–Kier alpha value is -0.760. The fraction of sp³-hybridized carbons (Fsp3) is 0.647. The van der Waals surface area contributed by atoms with Crippen LogP contribution in [0, 0.1) is 11.7 Å². The molecular formula is C17H25ClFN. The van der Waals surface area contributed by atoms with Gasteiger partial charge in [0.05, 0.1) is 0 Å². The number of hydrogen-bond donors (Lipinski definition) is 0. The molecule has 0 spiro atoms. The molecule has 2 rings (SSSR count). The molecule has 1 nitrogen and oxygen atoms in total. The normalized spacial score (nSPS) is 16.1. The number of benzene rings is 1. The van der Waals surface area contributed by atoms with Crippen molar-refractivity contribution in [2.75, 3.05) is 11.4 Å². The van der Waals surface area contributed by atoms with E-state index in [1.54, 1.807) is 6.07 Å². The van der Waals surface area contributed by atoms with Gasteiger partial charge in [-0.3, -0.25) is 0 Å². The van der Waals surface area contributed by atoms with Crippen molar-refractivity contribution in [2.45, 2.75) is 57.9 Å². The maximum absolute atomic E-state index is 13.8. The number of alkyl halides is 1. The molecule has 1 aromatic rings. The zero-order chi connectivity index (χ0) is 14.5. The van der Waals surface area contributed by atoms with Crippen LogP contribution >= 0.6 is 11.6 Å². The molecule has 3 heteroatoms. The molecule has 1 fully saturated rings. The first-order valence-corrected chi connectivity index (χ1v) is 8.25. The molecule has 20 heavy (non-hydrogen) atoms. The molecule has 0 heterocycles. The lowest BCUT2D eigenvalue weighted by atomic mass is 10.1. The van der Waals surface area contributed by atoms with Crippen molar-refractivity contribution in [1.82, 2.24) is 0 Å². The Morgan fingerprint density at radius 1 is 1.25 bits per heavy atom. The van der Waals surface area contributed by atoms with Gasteiger partial charge in [0.1, 0.15) is 5.82 Å². The standard InChI is InChI=1S/C17H25ClFN/c1-13(2)7-8-20(16-5-3-4-6-16)17-10-14(12-18)9-15(19)11-17/h9-11,13,16H,3-8,12H2,1-2H3. The minimum absolute atomic E-state index is 0.175. The highest BCUT2D eigenvalue weighted by Gasteiger charge is 2.23. The van der Waals surface area contributed by atoms with E-state index in [1.165, 1.54) is 31.7 Å². The van der Waals surface area contributed by atoms with Gasteiger partial charge in [-0.15, -0.1) is 11.6 Å². The van der Waals surface area contributed by atoms with Gasteiger partial charge in [0.25, 0.3) is 0 Å². The second kappa shape index (κ2) is 7.31. The molecule has 0 amide bonds. The molecule has 0 aromatic heterocycles. The van der Waals surface area contributed by atoms with E-state index in [0.717, 1.165) is 24.2 Å². The van der Waals surface area contributed by atoms with E-state index >= 15 is 0 Å². The Labute approximate surface area is 127 Å². The molecule has 0 saturated heterocycles. The third kappa shape index (κ3) is 4.12. The van der Waals surface area contributed by atoms with E-state index < -0.39 is 0 Å². The fourth-order valence-corrected chi connectivity index (χ4v) is 3.17. The van der Waals surface area contributed by atoms with Crippen molar-refractivity contribution in [1.29, 1.82) is 0 Å². The van der Waals surface area contributed by atoms with Gasteiger partial charge in [0.15, 0.2) is 0 Å². The maximum atomic E-state index is 13.8. The summed E-state index contributed by atoms with van der Waals surface area (Å²) in [6.07, 6.45) is 6.18. The van der Waals surface area contributed by atoms with Crippen LogP contribution in [0.25, 0.3) is 0 Å². The van der Waals surface area contributed by atoms with Gasteiger partial charge in [0.2, 0.25) is 0 Å². The van der Waals surface area contributed by atoms with E-state index in [2.05, 4.69) is 24.8 Å². The Morgan fingerprint density at radius 3 is 2.55 bits per heavy atom. The van der Waals surface area contributed by atoms with Gasteiger partial charge in [-0.05, 0) is 48.9 Å². The zero-order valence-corrected chi connectivity index (χ0v) is 13.3. The van der Waals surface area contributed by atoms with E-state index in [1.807, 2.05) is 0 Å². The number of nitrogens with zero attached hydrogens (tertiary/aromatic N) is 1. The average Bonchev–Trinajstić information content (AvgIpc) is 2.92. The summed E-state index contributed by atoms with van der Waals surface area (Å²) >= 11 is 5.88. The summed E-state index contributed by atoms with van der Waals surface area (Å²) in [6, 6.07) is 5.81. The van der Waals surface area contributed by atoms with E-state index in [4.69, 9.17) is 11.6 Å². The molecule has 0 aliphatic heterocycles. The minimum Gasteiger partial charge on any atom is -0.368 e. The van der Waals surface area contributed by atoms with Crippen molar-refractivity contribution in [3.05, 3.63) is 29.6 Å². The SMILES string of the molecule is CC(C)CCN(c1cc(F)cc(CCl)c1)C1CCCC1. The molecule has 0 radical (unpaired) electrons. The van der Waals surface area contributed by atoms with Crippen LogP contribution in [0.4, 0.5) is 10.1 Å². The molecule has 1 saturated carbocycles. The lowest BCUT2D eigenvalue weighted by Gasteiger charge is -2.32. The summed E-state index contributed by atoms with van der Waals surface area (Å²) in [4.78, 5) is 2.41. The molecule has 1 aromatic carbocycles. The van der Waals surface area contributed by atoms with Crippen molar-refractivity contribution in [2.24, 2.45) is 5.92 Å². The molecule has 1 aliphatic carbocycles. The fourth-order valence-electron chi connectivity index (χ4n) is 3.01. The minimum atomic E-state index is -0.175. The van der Waals surface area contributed by atoms with Crippen LogP contribution < -0.4 is 4.90 Å². The molecule has 112 valence electrons. The number of anilines is 1.